The Morgan fingerprint density at radius 1 is 1.33 bits per heavy atom. The summed E-state index contributed by atoms with van der Waals surface area (Å²) in [6, 6.07) is 1.95. The number of nitrogens with one attached hydrogen (secondary N) is 1. The number of hydrogen-bond acceptors (Lipinski definition) is 3. The Labute approximate surface area is 104 Å². The van der Waals surface area contributed by atoms with Crippen molar-refractivity contribution in [2.24, 2.45) is 0 Å². The zero-order valence-electron chi connectivity index (χ0n) is 8.72. The van der Waals surface area contributed by atoms with Gasteiger partial charge in [-0.3, -0.25) is 5.10 Å². The highest BCUT2D eigenvalue weighted by Gasteiger charge is 2.35. The molecule has 0 atom stereocenters. The highest BCUT2D eigenvalue weighted by atomic mass is 35.5. The highest BCUT2D eigenvalue weighted by Crippen LogP contribution is 2.42. The van der Waals surface area contributed by atoms with Crippen molar-refractivity contribution in [2.45, 2.75) is 6.18 Å². The molecule has 96 valence electrons. The lowest BCUT2D eigenvalue weighted by Crippen LogP contribution is -2.06. The largest absolute Gasteiger partial charge is 0.506 e. The van der Waals surface area contributed by atoms with Gasteiger partial charge >= 0.3 is 6.18 Å². The average Bonchev–Trinajstić information content (AvgIpc) is 2.66. The molecule has 18 heavy (non-hydrogen) atoms. The number of phenols is 1. The first-order valence-electron chi connectivity index (χ1n) is 4.69. The Kier molecular flexibility index (Phi) is 2.86. The molecule has 4 N–H and O–H groups in total. The van der Waals surface area contributed by atoms with Crippen LogP contribution in [0.3, 0.4) is 0 Å². The van der Waals surface area contributed by atoms with E-state index in [4.69, 9.17) is 17.3 Å². The van der Waals surface area contributed by atoms with Gasteiger partial charge in [-0.15, -0.1) is 0 Å². The molecule has 0 radical (unpaired) electrons. The average molecular weight is 278 g/mol. The monoisotopic (exact) mass is 277 g/mol. The summed E-state index contributed by atoms with van der Waals surface area (Å²) in [6.45, 7) is 0. The summed E-state index contributed by atoms with van der Waals surface area (Å²) in [5.41, 5.74) is 4.70. The van der Waals surface area contributed by atoms with Crippen LogP contribution in [0.1, 0.15) is 5.56 Å². The number of rotatable bonds is 1. The zero-order valence-corrected chi connectivity index (χ0v) is 9.47. The van der Waals surface area contributed by atoms with Crippen LogP contribution in [0.5, 0.6) is 5.75 Å². The van der Waals surface area contributed by atoms with Gasteiger partial charge in [-0.05, 0) is 17.7 Å². The summed E-state index contributed by atoms with van der Waals surface area (Å²) >= 11 is 5.57. The SMILES string of the molecule is Nc1[nH]ncc1-c1cc(Cl)c(O)c(C(F)(F)F)c1. The number of hydrogen-bond donors (Lipinski definition) is 3. The number of aromatic nitrogens is 2. The predicted octanol–water partition coefficient (Wildman–Crippen LogP) is 3.04. The van der Waals surface area contributed by atoms with E-state index in [0.29, 0.717) is 0 Å². The van der Waals surface area contributed by atoms with Crippen LogP contribution < -0.4 is 5.73 Å². The fourth-order valence-electron chi connectivity index (χ4n) is 1.50. The van der Waals surface area contributed by atoms with Gasteiger partial charge in [0.15, 0.2) is 0 Å². The molecular formula is C10H7ClF3N3O. The Bertz CT molecular complexity index is 595. The number of H-pyrrole nitrogens is 1. The van der Waals surface area contributed by atoms with Crippen LogP contribution in [0.15, 0.2) is 18.3 Å². The quantitative estimate of drug-likeness (QED) is 0.750. The number of nitrogens with zero attached hydrogens (tertiary/aromatic N) is 1. The number of halogens is 4. The minimum atomic E-state index is -4.71. The van der Waals surface area contributed by atoms with Crippen LogP contribution in [0.4, 0.5) is 19.0 Å². The second kappa shape index (κ2) is 4.09. The van der Waals surface area contributed by atoms with Gasteiger partial charge in [0.05, 0.1) is 16.8 Å². The maximum Gasteiger partial charge on any atom is 0.420 e. The molecule has 0 bridgehead atoms. The van der Waals surface area contributed by atoms with E-state index in [0.717, 1.165) is 6.07 Å². The molecule has 0 saturated carbocycles. The van der Waals surface area contributed by atoms with E-state index >= 15 is 0 Å². The van der Waals surface area contributed by atoms with Gasteiger partial charge in [0.2, 0.25) is 0 Å². The van der Waals surface area contributed by atoms with Gasteiger partial charge in [0.1, 0.15) is 11.6 Å². The van der Waals surface area contributed by atoms with Crippen LogP contribution in [-0.2, 0) is 6.18 Å². The minimum absolute atomic E-state index is 0.116. The molecule has 2 aromatic rings. The molecule has 1 heterocycles. The number of anilines is 1. The summed E-state index contributed by atoms with van der Waals surface area (Å²) < 4.78 is 38.0. The number of aromatic amines is 1. The molecule has 0 amide bonds. The van der Waals surface area contributed by atoms with Crippen LogP contribution in [-0.4, -0.2) is 15.3 Å². The molecule has 2 rings (SSSR count). The number of aromatic hydroxyl groups is 1. The van der Waals surface area contributed by atoms with Gasteiger partial charge < -0.3 is 10.8 Å². The van der Waals surface area contributed by atoms with Crippen LogP contribution in [0.25, 0.3) is 11.1 Å². The number of nitrogen functional groups attached to an aromatic ring is 1. The fourth-order valence-corrected chi connectivity index (χ4v) is 1.72. The van der Waals surface area contributed by atoms with Crippen molar-refractivity contribution in [1.82, 2.24) is 10.2 Å². The summed E-state index contributed by atoms with van der Waals surface area (Å²) in [7, 11) is 0. The van der Waals surface area contributed by atoms with Gasteiger partial charge in [0, 0.05) is 5.56 Å². The minimum Gasteiger partial charge on any atom is -0.506 e. The lowest BCUT2D eigenvalue weighted by Gasteiger charge is -2.12. The van der Waals surface area contributed by atoms with Crippen molar-refractivity contribution >= 4 is 17.4 Å². The topological polar surface area (TPSA) is 74.9 Å². The summed E-state index contributed by atoms with van der Waals surface area (Å²) in [5, 5.41) is 14.9. The third-order valence-corrected chi connectivity index (χ3v) is 2.64. The van der Waals surface area contributed by atoms with Gasteiger partial charge in [-0.1, -0.05) is 11.6 Å². The molecule has 0 aliphatic rings. The molecule has 0 unspecified atom stereocenters. The summed E-state index contributed by atoms with van der Waals surface area (Å²) in [6.07, 6.45) is -3.43. The second-order valence-electron chi connectivity index (χ2n) is 3.55. The normalized spacial score (nSPS) is 11.8. The van der Waals surface area contributed by atoms with Gasteiger partial charge in [-0.2, -0.15) is 18.3 Å². The van der Waals surface area contributed by atoms with E-state index in [2.05, 4.69) is 10.2 Å². The standard InChI is InChI=1S/C10H7ClF3N3O/c11-7-2-4(5-3-16-17-9(5)15)1-6(8(7)18)10(12,13)14/h1-3,18H,(H3,15,16,17). The molecule has 0 saturated heterocycles. The highest BCUT2D eigenvalue weighted by molar-refractivity contribution is 6.32. The molecule has 1 aromatic carbocycles. The fraction of sp³-hybridized carbons (Fsp3) is 0.100. The van der Waals surface area contributed by atoms with E-state index in [1.807, 2.05) is 0 Å². The lowest BCUT2D eigenvalue weighted by molar-refractivity contribution is -0.138. The second-order valence-corrected chi connectivity index (χ2v) is 3.96. The third-order valence-electron chi connectivity index (χ3n) is 2.35. The van der Waals surface area contributed by atoms with Crippen LogP contribution >= 0.6 is 11.6 Å². The maximum absolute atomic E-state index is 12.7. The van der Waals surface area contributed by atoms with E-state index in [1.165, 1.54) is 12.3 Å². The molecule has 4 nitrogen and oxygen atoms in total. The van der Waals surface area contributed by atoms with Gasteiger partial charge in [0.25, 0.3) is 0 Å². The van der Waals surface area contributed by atoms with E-state index < -0.39 is 22.5 Å². The molecule has 0 aliphatic heterocycles. The lowest BCUT2D eigenvalue weighted by atomic mass is 10.0. The van der Waals surface area contributed by atoms with Crippen LogP contribution in [0.2, 0.25) is 5.02 Å². The summed E-state index contributed by atoms with van der Waals surface area (Å²) in [4.78, 5) is 0. The molecule has 8 heteroatoms. The Morgan fingerprint density at radius 2 is 2.00 bits per heavy atom. The van der Waals surface area contributed by atoms with E-state index in [9.17, 15) is 18.3 Å². The molecule has 1 aromatic heterocycles. The maximum atomic E-state index is 12.7. The van der Waals surface area contributed by atoms with Crippen LogP contribution in [0, 0.1) is 0 Å². The Hall–Kier alpha value is -1.89. The van der Waals surface area contributed by atoms with Crippen molar-refractivity contribution in [3.63, 3.8) is 0 Å². The first kappa shape index (κ1) is 12.6. The molecule has 0 aliphatic carbocycles. The Balaban J connectivity index is 2.66. The number of nitrogens with two attached hydrogens (primary N) is 1. The van der Waals surface area contributed by atoms with E-state index in [1.54, 1.807) is 0 Å². The molecule has 0 spiro atoms. The van der Waals surface area contributed by atoms with Gasteiger partial charge in [-0.25, -0.2) is 0 Å². The van der Waals surface area contributed by atoms with E-state index in [-0.39, 0.29) is 16.9 Å². The number of alkyl halides is 3. The van der Waals surface area contributed by atoms with Crippen molar-refractivity contribution in [2.75, 3.05) is 5.73 Å². The van der Waals surface area contributed by atoms with Crippen molar-refractivity contribution < 1.29 is 18.3 Å². The predicted molar refractivity (Wildman–Crippen MR) is 60.1 cm³/mol. The molecule has 0 fully saturated rings. The first-order valence-corrected chi connectivity index (χ1v) is 5.07. The third kappa shape index (κ3) is 2.08. The molecular weight excluding hydrogens is 271 g/mol. The van der Waals surface area contributed by atoms with Crippen molar-refractivity contribution in [3.05, 3.63) is 28.9 Å². The van der Waals surface area contributed by atoms with Crippen molar-refractivity contribution in [3.8, 4) is 16.9 Å². The van der Waals surface area contributed by atoms with Crippen molar-refractivity contribution in [1.29, 1.82) is 0 Å². The number of phenolic OH excluding ortho intramolecular Hbond substituents is 1. The smallest absolute Gasteiger partial charge is 0.420 e. The first-order chi connectivity index (χ1) is 8.30. The summed E-state index contributed by atoms with van der Waals surface area (Å²) in [5.74, 6) is -0.889. The Morgan fingerprint density at radius 3 is 2.50 bits per heavy atom. The zero-order chi connectivity index (χ0) is 13.5. The number of benzene rings is 1.